The number of rotatable bonds is 6. The fourth-order valence-electron chi connectivity index (χ4n) is 4.73. The second-order valence-electron chi connectivity index (χ2n) is 8.40. The number of carbonyl (C=O) groups is 2. The van der Waals surface area contributed by atoms with Crippen LogP contribution in [0.3, 0.4) is 0 Å². The second-order valence-corrected chi connectivity index (χ2v) is 8.40. The summed E-state index contributed by atoms with van der Waals surface area (Å²) in [5.41, 5.74) is 1.48. The van der Waals surface area contributed by atoms with Crippen LogP contribution in [0.15, 0.2) is 48.8 Å². The average molecular weight is 425 g/mol. The molecule has 2 heterocycles. The fourth-order valence-corrected chi connectivity index (χ4v) is 4.73. The van der Waals surface area contributed by atoms with Gasteiger partial charge in [0.25, 0.3) is 5.91 Å². The van der Waals surface area contributed by atoms with Gasteiger partial charge in [0.2, 0.25) is 5.91 Å². The quantitative estimate of drug-likeness (QED) is 0.775. The molecule has 1 saturated carbocycles. The van der Waals surface area contributed by atoms with Crippen LogP contribution >= 0.6 is 0 Å². The lowest BCUT2D eigenvalue weighted by Crippen LogP contribution is -2.57. The van der Waals surface area contributed by atoms with Gasteiger partial charge in [0, 0.05) is 50.7 Å². The third-order valence-electron chi connectivity index (χ3n) is 6.39. The number of halogens is 1. The second kappa shape index (κ2) is 10.0. The van der Waals surface area contributed by atoms with Gasteiger partial charge in [0.1, 0.15) is 5.82 Å². The van der Waals surface area contributed by atoms with Crippen LogP contribution in [0.5, 0.6) is 0 Å². The lowest BCUT2D eigenvalue weighted by Gasteiger charge is -2.40. The molecule has 0 bridgehead atoms. The Bertz CT molecular complexity index is 876. The summed E-state index contributed by atoms with van der Waals surface area (Å²) in [5, 5.41) is 3.10. The molecule has 2 aromatic rings. The minimum absolute atomic E-state index is 0.0639. The molecule has 1 saturated heterocycles. The van der Waals surface area contributed by atoms with E-state index < -0.39 is 0 Å². The molecule has 0 radical (unpaired) electrons. The van der Waals surface area contributed by atoms with Crippen LogP contribution in [0.4, 0.5) is 4.39 Å². The predicted octanol–water partition coefficient (Wildman–Crippen LogP) is 2.85. The maximum atomic E-state index is 13.2. The first-order valence-electron chi connectivity index (χ1n) is 11.1. The number of piperazine rings is 1. The van der Waals surface area contributed by atoms with E-state index in [2.05, 4.69) is 15.2 Å². The highest BCUT2D eigenvalue weighted by atomic mass is 19.1. The Kier molecular flexibility index (Phi) is 6.92. The van der Waals surface area contributed by atoms with Crippen LogP contribution < -0.4 is 5.32 Å². The van der Waals surface area contributed by atoms with Crippen molar-refractivity contribution in [3.8, 4) is 0 Å². The first-order chi connectivity index (χ1) is 15.1. The van der Waals surface area contributed by atoms with Crippen molar-refractivity contribution in [1.82, 2.24) is 20.1 Å². The minimum Gasteiger partial charge on any atom is -0.351 e. The topological polar surface area (TPSA) is 65.5 Å². The number of amides is 2. The van der Waals surface area contributed by atoms with Crippen LogP contribution in [-0.4, -0.2) is 58.8 Å². The van der Waals surface area contributed by atoms with Crippen molar-refractivity contribution in [3.63, 3.8) is 0 Å². The Morgan fingerprint density at radius 1 is 1.06 bits per heavy atom. The Morgan fingerprint density at radius 2 is 1.77 bits per heavy atom. The molecule has 4 rings (SSSR count). The monoisotopic (exact) mass is 424 g/mol. The molecule has 1 atom stereocenters. The molecule has 31 heavy (non-hydrogen) atoms. The normalized spacial score (nSPS) is 18.7. The average Bonchev–Trinajstić information content (AvgIpc) is 3.33. The smallest absolute Gasteiger partial charge is 0.253 e. The van der Waals surface area contributed by atoms with E-state index in [1.165, 1.54) is 37.1 Å². The molecule has 2 aliphatic rings. The number of benzene rings is 1. The van der Waals surface area contributed by atoms with E-state index in [0.717, 1.165) is 18.4 Å². The molecule has 1 unspecified atom stereocenters. The third kappa shape index (κ3) is 5.28. The maximum Gasteiger partial charge on any atom is 0.253 e. The Hall–Kier alpha value is -2.80. The zero-order valence-electron chi connectivity index (χ0n) is 17.7. The highest BCUT2D eigenvalue weighted by molar-refractivity contribution is 5.94. The van der Waals surface area contributed by atoms with E-state index in [1.807, 2.05) is 12.1 Å². The highest BCUT2D eigenvalue weighted by Gasteiger charge is 2.37. The number of hydrogen-bond acceptors (Lipinski definition) is 4. The van der Waals surface area contributed by atoms with Crippen molar-refractivity contribution in [2.24, 2.45) is 5.92 Å². The van der Waals surface area contributed by atoms with Crippen LogP contribution in [-0.2, 0) is 11.3 Å². The maximum absolute atomic E-state index is 13.2. The zero-order chi connectivity index (χ0) is 21.6. The van der Waals surface area contributed by atoms with E-state index in [4.69, 9.17) is 0 Å². The Morgan fingerprint density at radius 3 is 2.42 bits per heavy atom. The molecule has 1 aromatic carbocycles. The van der Waals surface area contributed by atoms with Gasteiger partial charge < -0.3 is 10.2 Å². The number of nitrogens with zero attached hydrogens (tertiary/aromatic N) is 3. The molecule has 0 spiro atoms. The SMILES string of the molecule is O=C(NCc1cccnc1)C(C1CCCC1)N1CCN(C(=O)c2ccc(F)cc2)CC1. The van der Waals surface area contributed by atoms with E-state index in [-0.39, 0.29) is 23.7 Å². The number of nitrogens with one attached hydrogen (secondary N) is 1. The van der Waals surface area contributed by atoms with Crippen molar-refractivity contribution < 1.29 is 14.0 Å². The summed E-state index contributed by atoms with van der Waals surface area (Å²) in [7, 11) is 0. The van der Waals surface area contributed by atoms with Crippen molar-refractivity contribution in [2.45, 2.75) is 38.3 Å². The molecule has 7 heteroatoms. The van der Waals surface area contributed by atoms with Crippen LogP contribution in [0.2, 0.25) is 0 Å². The summed E-state index contributed by atoms with van der Waals surface area (Å²) in [6.07, 6.45) is 7.96. The van der Waals surface area contributed by atoms with Gasteiger partial charge in [0.15, 0.2) is 0 Å². The van der Waals surface area contributed by atoms with Gasteiger partial charge in [0.05, 0.1) is 6.04 Å². The van der Waals surface area contributed by atoms with Crippen LogP contribution in [0.1, 0.15) is 41.6 Å². The van der Waals surface area contributed by atoms with E-state index in [9.17, 15) is 14.0 Å². The summed E-state index contributed by atoms with van der Waals surface area (Å²) < 4.78 is 13.2. The summed E-state index contributed by atoms with van der Waals surface area (Å²) >= 11 is 0. The molecule has 1 aromatic heterocycles. The van der Waals surface area contributed by atoms with Gasteiger partial charge in [-0.1, -0.05) is 18.9 Å². The highest BCUT2D eigenvalue weighted by Crippen LogP contribution is 2.31. The lowest BCUT2D eigenvalue weighted by molar-refractivity contribution is -0.129. The standard InChI is InChI=1S/C24H29FN4O2/c25-21-9-7-20(8-10-21)24(31)29-14-12-28(13-15-29)22(19-5-1-2-6-19)23(30)27-17-18-4-3-11-26-16-18/h3-4,7-11,16,19,22H,1-2,5-6,12-15,17H2,(H,27,30). The summed E-state index contributed by atoms with van der Waals surface area (Å²) in [6, 6.07) is 9.33. The number of carbonyl (C=O) groups excluding carboxylic acids is 2. The van der Waals surface area contributed by atoms with Crippen molar-refractivity contribution in [1.29, 1.82) is 0 Å². The number of hydrogen-bond donors (Lipinski definition) is 1. The zero-order valence-corrected chi connectivity index (χ0v) is 17.7. The molecule has 2 fully saturated rings. The van der Waals surface area contributed by atoms with E-state index >= 15 is 0 Å². The van der Waals surface area contributed by atoms with Crippen molar-refractivity contribution in [2.75, 3.05) is 26.2 Å². The first kappa shape index (κ1) is 21.4. The van der Waals surface area contributed by atoms with Crippen LogP contribution in [0, 0.1) is 11.7 Å². The van der Waals surface area contributed by atoms with Gasteiger partial charge in [-0.15, -0.1) is 0 Å². The summed E-state index contributed by atoms with van der Waals surface area (Å²) in [6.45, 7) is 2.92. The molecule has 1 aliphatic heterocycles. The van der Waals surface area contributed by atoms with Gasteiger partial charge in [-0.3, -0.25) is 19.5 Å². The molecule has 2 amide bonds. The number of pyridine rings is 1. The largest absolute Gasteiger partial charge is 0.351 e. The predicted molar refractivity (Wildman–Crippen MR) is 116 cm³/mol. The van der Waals surface area contributed by atoms with Gasteiger partial charge in [-0.2, -0.15) is 0 Å². The first-order valence-corrected chi connectivity index (χ1v) is 11.1. The summed E-state index contributed by atoms with van der Waals surface area (Å²) in [4.78, 5) is 34.1. The van der Waals surface area contributed by atoms with Gasteiger partial charge in [-0.05, 0) is 54.7 Å². The molecule has 1 N–H and O–H groups in total. The lowest BCUT2D eigenvalue weighted by atomic mass is 9.95. The molecular formula is C24H29FN4O2. The minimum atomic E-state index is -0.349. The Labute approximate surface area is 182 Å². The van der Waals surface area contributed by atoms with Crippen molar-refractivity contribution >= 4 is 11.8 Å². The number of aromatic nitrogens is 1. The summed E-state index contributed by atoms with van der Waals surface area (Å²) in [5.74, 6) is -0.0153. The van der Waals surface area contributed by atoms with Gasteiger partial charge >= 0.3 is 0 Å². The van der Waals surface area contributed by atoms with Crippen molar-refractivity contribution in [3.05, 3.63) is 65.7 Å². The third-order valence-corrected chi connectivity index (χ3v) is 6.39. The fraction of sp³-hybridized carbons (Fsp3) is 0.458. The molecule has 6 nitrogen and oxygen atoms in total. The van der Waals surface area contributed by atoms with E-state index in [0.29, 0.717) is 44.2 Å². The van der Waals surface area contributed by atoms with E-state index in [1.54, 1.807) is 17.3 Å². The van der Waals surface area contributed by atoms with Crippen LogP contribution in [0.25, 0.3) is 0 Å². The molecule has 1 aliphatic carbocycles. The van der Waals surface area contributed by atoms with Gasteiger partial charge in [-0.25, -0.2) is 4.39 Å². The molecule has 164 valence electrons. The molecular weight excluding hydrogens is 395 g/mol. The Balaban J connectivity index is 1.38.